The molecule has 10 heteroatoms. The fourth-order valence-electron chi connectivity index (χ4n) is 1.85. The number of likely N-dealkylation sites (N-methyl/N-ethyl adjacent to an activating group) is 1. The van der Waals surface area contributed by atoms with Crippen LogP contribution in [0.2, 0.25) is 0 Å². The van der Waals surface area contributed by atoms with Gasteiger partial charge in [0, 0.05) is 19.3 Å². The van der Waals surface area contributed by atoms with E-state index in [4.69, 9.17) is 5.26 Å². The highest BCUT2D eigenvalue weighted by Crippen LogP contribution is 2.34. The third-order valence-corrected chi connectivity index (χ3v) is 3.08. The zero-order valence-electron chi connectivity index (χ0n) is 13.6. The van der Waals surface area contributed by atoms with E-state index in [9.17, 15) is 13.2 Å². The maximum absolute atomic E-state index is 13.1. The first-order valence-electron chi connectivity index (χ1n) is 7.25. The zero-order chi connectivity index (χ0) is 18.4. The Morgan fingerprint density at radius 3 is 2.52 bits per heavy atom. The molecule has 0 unspecified atom stereocenters. The molecular formula is C15H16F3N7. The topological polar surface area (TPSA) is 89.8 Å². The third kappa shape index (κ3) is 5.29. The number of alkyl halides is 3. The summed E-state index contributed by atoms with van der Waals surface area (Å²) in [4.78, 5) is 13.3. The van der Waals surface area contributed by atoms with E-state index in [0.717, 1.165) is 6.20 Å². The van der Waals surface area contributed by atoms with Crippen LogP contribution in [-0.4, -0.2) is 47.0 Å². The van der Waals surface area contributed by atoms with Crippen LogP contribution in [-0.2, 0) is 6.18 Å². The monoisotopic (exact) mass is 351 g/mol. The molecular weight excluding hydrogens is 335 g/mol. The van der Waals surface area contributed by atoms with Crippen molar-refractivity contribution in [1.29, 1.82) is 5.26 Å². The second kappa shape index (κ2) is 7.76. The molecule has 2 rings (SSSR count). The summed E-state index contributed by atoms with van der Waals surface area (Å²) in [6.45, 7) is 0.842. The second-order valence-electron chi connectivity index (χ2n) is 5.35. The highest BCUT2D eigenvalue weighted by Gasteiger charge is 2.35. The molecule has 2 heterocycles. The molecule has 0 atom stereocenters. The number of anilines is 3. The Labute approximate surface area is 142 Å². The van der Waals surface area contributed by atoms with Gasteiger partial charge in [-0.25, -0.2) is 9.97 Å². The standard InChI is InChI=1S/C15H16F3N7/c1-25(2)6-5-20-13-12(15(16,17)18)9-22-14(24-13)23-11-4-3-10(7-19)21-8-11/h3-4,8-9H,5-6H2,1-2H3,(H2,20,22,23,24). The number of rotatable bonds is 6. The first-order valence-corrected chi connectivity index (χ1v) is 7.25. The molecule has 0 spiro atoms. The number of hydrogen-bond donors (Lipinski definition) is 2. The largest absolute Gasteiger partial charge is 0.421 e. The average Bonchev–Trinajstić information content (AvgIpc) is 2.54. The van der Waals surface area contributed by atoms with Crippen molar-refractivity contribution in [1.82, 2.24) is 19.9 Å². The van der Waals surface area contributed by atoms with Gasteiger partial charge >= 0.3 is 6.18 Å². The Morgan fingerprint density at radius 2 is 1.96 bits per heavy atom. The third-order valence-electron chi connectivity index (χ3n) is 3.08. The first-order chi connectivity index (χ1) is 11.8. The van der Waals surface area contributed by atoms with Crippen molar-refractivity contribution in [2.24, 2.45) is 0 Å². The molecule has 0 radical (unpaired) electrons. The van der Waals surface area contributed by atoms with E-state index >= 15 is 0 Å². The number of halogens is 3. The molecule has 0 aliphatic carbocycles. The van der Waals surface area contributed by atoms with Gasteiger partial charge < -0.3 is 15.5 Å². The van der Waals surface area contributed by atoms with Gasteiger partial charge in [-0.05, 0) is 26.2 Å². The van der Waals surface area contributed by atoms with E-state index in [1.807, 2.05) is 25.1 Å². The molecule has 0 aliphatic rings. The SMILES string of the molecule is CN(C)CCNc1nc(Nc2ccc(C#N)nc2)ncc1C(F)(F)F. The molecule has 0 aromatic carbocycles. The molecule has 0 amide bonds. The van der Waals surface area contributed by atoms with Gasteiger partial charge in [0.15, 0.2) is 0 Å². The molecule has 2 aromatic heterocycles. The second-order valence-corrected chi connectivity index (χ2v) is 5.35. The van der Waals surface area contributed by atoms with Crippen molar-refractivity contribution in [2.45, 2.75) is 6.18 Å². The minimum Gasteiger partial charge on any atom is -0.368 e. The lowest BCUT2D eigenvalue weighted by molar-refractivity contribution is -0.137. The summed E-state index contributed by atoms with van der Waals surface area (Å²) in [6, 6.07) is 4.91. The average molecular weight is 351 g/mol. The predicted molar refractivity (Wildman–Crippen MR) is 86.3 cm³/mol. The maximum atomic E-state index is 13.1. The van der Waals surface area contributed by atoms with E-state index in [1.54, 1.807) is 6.07 Å². The minimum absolute atomic E-state index is 0.00754. The summed E-state index contributed by atoms with van der Waals surface area (Å²) in [5.41, 5.74) is -0.252. The lowest BCUT2D eigenvalue weighted by Gasteiger charge is -2.16. The fraction of sp³-hybridized carbons (Fsp3) is 0.333. The highest BCUT2D eigenvalue weighted by atomic mass is 19.4. The Bertz CT molecular complexity index is 751. The van der Waals surface area contributed by atoms with Crippen LogP contribution in [0.4, 0.5) is 30.6 Å². The normalized spacial score (nSPS) is 11.2. The number of nitrogens with zero attached hydrogens (tertiary/aromatic N) is 5. The fourth-order valence-corrected chi connectivity index (χ4v) is 1.85. The van der Waals surface area contributed by atoms with Gasteiger partial charge in [-0.1, -0.05) is 0 Å². The predicted octanol–water partition coefficient (Wildman–Crippen LogP) is 2.48. The number of aromatic nitrogens is 3. The maximum Gasteiger partial charge on any atom is 0.421 e. The van der Waals surface area contributed by atoms with E-state index in [2.05, 4.69) is 25.6 Å². The van der Waals surface area contributed by atoms with E-state index in [0.29, 0.717) is 18.8 Å². The van der Waals surface area contributed by atoms with Crippen molar-refractivity contribution in [3.63, 3.8) is 0 Å². The van der Waals surface area contributed by atoms with Crippen molar-refractivity contribution in [3.05, 3.63) is 35.8 Å². The number of nitrogens with one attached hydrogen (secondary N) is 2. The molecule has 7 nitrogen and oxygen atoms in total. The first kappa shape index (κ1) is 18.4. The number of pyridine rings is 1. The van der Waals surface area contributed by atoms with Gasteiger partial charge in [-0.3, -0.25) is 0 Å². The molecule has 0 bridgehead atoms. The smallest absolute Gasteiger partial charge is 0.368 e. The lowest BCUT2D eigenvalue weighted by atomic mass is 10.3. The van der Waals surface area contributed by atoms with Crippen LogP contribution in [0.5, 0.6) is 0 Å². The van der Waals surface area contributed by atoms with Gasteiger partial charge in [0.1, 0.15) is 23.1 Å². The Kier molecular flexibility index (Phi) is 5.71. The summed E-state index contributed by atoms with van der Waals surface area (Å²) in [6.07, 6.45) is -2.46. The van der Waals surface area contributed by atoms with Crippen LogP contribution >= 0.6 is 0 Å². The summed E-state index contributed by atoms with van der Waals surface area (Å²) in [5.74, 6) is -0.305. The number of hydrogen-bond acceptors (Lipinski definition) is 7. The molecule has 0 aliphatic heterocycles. The van der Waals surface area contributed by atoms with Crippen LogP contribution in [0.3, 0.4) is 0 Å². The van der Waals surface area contributed by atoms with Crippen molar-refractivity contribution >= 4 is 17.5 Å². The molecule has 0 saturated carbocycles. The van der Waals surface area contributed by atoms with Crippen LogP contribution in [0, 0.1) is 11.3 Å². The van der Waals surface area contributed by atoms with E-state index in [-0.39, 0.29) is 17.5 Å². The zero-order valence-corrected chi connectivity index (χ0v) is 13.6. The Hall–Kier alpha value is -2.93. The molecule has 25 heavy (non-hydrogen) atoms. The molecule has 0 saturated heterocycles. The van der Waals surface area contributed by atoms with Gasteiger partial charge in [-0.15, -0.1) is 0 Å². The Morgan fingerprint density at radius 1 is 1.20 bits per heavy atom. The van der Waals surface area contributed by atoms with Gasteiger partial charge in [0.05, 0.1) is 11.9 Å². The van der Waals surface area contributed by atoms with E-state index in [1.165, 1.54) is 12.3 Å². The van der Waals surface area contributed by atoms with Crippen LogP contribution in [0.25, 0.3) is 0 Å². The van der Waals surface area contributed by atoms with Gasteiger partial charge in [0.2, 0.25) is 5.95 Å². The minimum atomic E-state index is -4.56. The summed E-state index contributed by atoms with van der Waals surface area (Å²) < 4.78 is 39.3. The van der Waals surface area contributed by atoms with Crippen LogP contribution < -0.4 is 10.6 Å². The summed E-state index contributed by atoms with van der Waals surface area (Å²) in [5, 5.41) is 14.2. The van der Waals surface area contributed by atoms with Crippen molar-refractivity contribution < 1.29 is 13.2 Å². The molecule has 0 fully saturated rings. The highest BCUT2D eigenvalue weighted by molar-refractivity contribution is 5.56. The van der Waals surface area contributed by atoms with Gasteiger partial charge in [-0.2, -0.15) is 23.4 Å². The quantitative estimate of drug-likeness (QED) is 0.826. The van der Waals surface area contributed by atoms with Gasteiger partial charge in [0.25, 0.3) is 0 Å². The summed E-state index contributed by atoms with van der Waals surface area (Å²) in [7, 11) is 3.63. The van der Waals surface area contributed by atoms with Crippen molar-refractivity contribution in [3.8, 4) is 6.07 Å². The molecule has 2 N–H and O–H groups in total. The van der Waals surface area contributed by atoms with Crippen molar-refractivity contribution in [2.75, 3.05) is 37.8 Å². The molecule has 2 aromatic rings. The van der Waals surface area contributed by atoms with E-state index < -0.39 is 11.7 Å². The molecule has 132 valence electrons. The summed E-state index contributed by atoms with van der Waals surface area (Å²) >= 11 is 0. The number of nitriles is 1. The van der Waals surface area contributed by atoms with Crippen LogP contribution in [0.1, 0.15) is 11.3 Å². The lowest BCUT2D eigenvalue weighted by Crippen LogP contribution is -2.23. The Balaban J connectivity index is 2.22. The van der Waals surface area contributed by atoms with Crippen LogP contribution in [0.15, 0.2) is 24.5 Å².